The lowest BCUT2D eigenvalue weighted by Gasteiger charge is -2.14. The summed E-state index contributed by atoms with van der Waals surface area (Å²) in [5, 5.41) is 2.45. The van der Waals surface area contributed by atoms with E-state index in [1.165, 1.54) is 6.07 Å². The molecule has 2 N–H and O–H groups in total. The molecule has 0 bridgehead atoms. The molecule has 0 radical (unpaired) electrons. The molecule has 122 valence electrons. The normalized spacial score (nSPS) is 11.8. The highest BCUT2D eigenvalue weighted by molar-refractivity contribution is 5.91. The average Bonchev–Trinajstić information content (AvgIpc) is 2.50. The Kier molecular flexibility index (Phi) is 5.65. The third-order valence-electron chi connectivity index (χ3n) is 3.33. The number of likely N-dealkylation sites (N-methyl/N-ethyl adjacent to an activating group) is 1. The maximum Gasteiger partial charge on any atom is 0.279 e. The van der Waals surface area contributed by atoms with Crippen molar-refractivity contribution < 1.29 is 23.2 Å². The molecule has 1 unspecified atom stereocenters. The van der Waals surface area contributed by atoms with Crippen molar-refractivity contribution in [2.75, 3.05) is 26.0 Å². The fourth-order valence-corrected chi connectivity index (χ4v) is 2.21. The van der Waals surface area contributed by atoms with Crippen LogP contribution in [0, 0.1) is 11.6 Å². The molecule has 0 aliphatic heterocycles. The summed E-state index contributed by atoms with van der Waals surface area (Å²) in [6.45, 7) is 0.812. The molecular formula is C17H19F2N2O2+. The molecule has 0 fully saturated rings. The van der Waals surface area contributed by atoms with Crippen LogP contribution in [0.25, 0.3) is 0 Å². The van der Waals surface area contributed by atoms with Gasteiger partial charge in [0.2, 0.25) is 0 Å². The Hall–Kier alpha value is -2.47. The van der Waals surface area contributed by atoms with Crippen molar-refractivity contribution in [3.8, 4) is 5.75 Å². The quantitative estimate of drug-likeness (QED) is 0.849. The molecule has 0 saturated carbocycles. The van der Waals surface area contributed by atoms with Crippen LogP contribution in [0.5, 0.6) is 5.75 Å². The van der Waals surface area contributed by atoms with E-state index in [0.29, 0.717) is 6.54 Å². The van der Waals surface area contributed by atoms with Gasteiger partial charge in [0, 0.05) is 11.6 Å². The van der Waals surface area contributed by atoms with E-state index in [1.54, 1.807) is 7.11 Å². The largest absolute Gasteiger partial charge is 0.497 e. The number of anilines is 1. The van der Waals surface area contributed by atoms with Gasteiger partial charge in [0.1, 0.15) is 23.9 Å². The smallest absolute Gasteiger partial charge is 0.279 e. The number of halogens is 2. The number of ether oxygens (including phenoxy) is 1. The molecule has 0 aliphatic carbocycles. The van der Waals surface area contributed by atoms with Crippen molar-refractivity contribution in [1.82, 2.24) is 0 Å². The van der Waals surface area contributed by atoms with Crippen molar-refractivity contribution in [3.05, 3.63) is 59.7 Å². The van der Waals surface area contributed by atoms with Crippen LogP contribution < -0.4 is 15.0 Å². The number of methoxy groups -OCH3 is 1. The van der Waals surface area contributed by atoms with Gasteiger partial charge in [-0.25, -0.2) is 8.78 Å². The van der Waals surface area contributed by atoms with Crippen LogP contribution in [0.15, 0.2) is 42.5 Å². The van der Waals surface area contributed by atoms with Gasteiger partial charge in [-0.05, 0) is 36.4 Å². The summed E-state index contributed by atoms with van der Waals surface area (Å²) >= 11 is 0. The van der Waals surface area contributed by atoms with Crippen LogP contribution in [0.3, 0.4) is 0 Å². The Morgan fingerprint density at radius 1 is 1.17 bits per heavy atom. The van der Waals surface area contributed by atoms with Crippen molar-refractivity contribution in [1.29, 1.82) is 0 Å². The lowest BCUT2D eigenvalue weighted by molar-refractivity contribution is -0.885. The molecule has 2 aromatic rings. The second kappa shape index (κ2) is 7.69. The number of hydrogen-bond donors (Lipinski definition) is 2. The zero-order chi connectivity index (χ0) is 16.8. The number of benzene rings is 2. The Labute approximate surface area is 133 Å². The molecule has 1 amide bonds. The third-order valence-corrected chi connectivity index (χ3v) is 3.33. The summed E-state index contributed by atoms with van der Waals surface area (Å²) < 4.78 is 31.4. The Balaban J connectivity index is 1.88. The second-order valence-corrected chi connectivity index (χ2v) is 5.33. The number of carbonyl (C=O) groups is 1. The van der Waals surface area contributed by atoms with Gasteiger partial charge in [-0.1, -0.05) is 0 Å². The second-order valence-electron chi connectivity index (χ2n) is 5.33. The fourth-order valence-electron chi connectivity index (χ4n) is 2.21. The average molecular weight is 321 g/mol. The summed E-state index contributed by atoms with van der Waals surface area (Å²) in [5.41, 5.74) is 1.04. The maximum absolute atomic E-state index is 13.5. The van der Waals surface area contributed by atoms with Crippen molar-refractivity contribution in [2.24, 2.45) is 0 Å². The zero-order valence-electron chi connectivity index (χ0n) is 13.0. The SMILES string of the molecule is COc1ccc(C[NH+](C)CC(=O)Nc2ccc(F)cc2F)cc1. The molecular weight excluding hydrogens is 302 g/mol. The van der Waals surface area contributed by atoms with E-state index in [0.717, 1.165) is 28.3 Å². The van der Waals surface area contributed by atoms with E-state index >= 15 is 0 Å². The predicted molar refractivity (Wildman–Crippen MR) is 83.4 cm³/mol. The predicted octanol–water partition coefficient (Wildman–Crippen LogP) is 1.63. The van der Waals surface area contributed by atoms with Crippen LogP contribution in [-0.4, -0.2) is 26.6 Å². The number of nitrogens with one attached hydrogen (secondary N) is 2. The molecule has 0 aromatic heterocycles. The maximum atomic E-state index is 13.5. The highest BCUT2D eigenvalue weighted by Gasteiger charge is 2.13. The topological polar surface area (TPSA) is 42.8 Å². The highest BCUT2D eigenvalue weighted by Crippen LogP contribution is 2.14. The van der Waals surface area contributed by atoms with E-state index in [9.17, 15) is 13.6 Å². The van der Waals surface area contributed by atoms with Gasteiger partial charge in [-0.2, -0.15) is 0 Å². The van der Waals surface area contributed by atoms with Crippen LogP contribution in [-0.2, 0) is 11.3 Å². The van der Waals surface area contributed by atoms with E-state index < -0.39 is 11.6 Å². The minimum Gasteiger partial charge on any atom is -0.497 e. The Morgan fingerprint density at radius 3 is 2.48 bits per heavy atom. The monoisotopic (exact) mass is 321 g/mol. The van der Waals surface area contributed by atoms with Gasteiger partial charge in [-0.15, -0.1) is 0 Å². The molecule has 0 saturated heterocycles. The molecule has 2 rings (SSSR count). The number of carbonyl (C=O) groups excluding carboxylic acids is 1. The minimum absolute atomic E-state index is 0.0198. The third kappa shape index (κ3) is 5.03. The standard InChI is InChI=1S/C17H18F2N2O2/c1-21(10-12-3-6-14(23-2)7-4-12)11-17(22)20-16-8-5-13(18)9-15(16)19/h3-9H,10-11H2,1-2H3,(H,20,22)/p+1. The first-order valence-electron chi connectivity index (χ1n) is 7.17. The zero-order valence-corrected chi connectivity index (χ0v) is 13.0. The van der Waals surface area contributed by atoms with Crippen LogP contribution >= 0.6 is 0 Å². The van der Waals surface area contributed by atoms with Gasteiger partial charge in [-0.3, -0.25) is 4.79 Å². The summed E-state index contributed by atoms with van der Waals surface area (Å²) in [4.78, 5) is 12.9. The van der Waals surface area contributed by atoms with Gasteiger partial charge in [0.25, 0.3) is 5.91 Å². The number of hydrogen-bond acceptors (Lipinski definition) is 2. The fraction of sp³-hybridized carbons (Fsp3) is 0.235. The van der Waals surface area contributed by atoms with Gasteiger partial charge >= 0.3 is 0 Å². The first-order chi connectivity index (χ1) is 11.0. The van der Waals surface area contributed by atoms with Crippen LogP contribution in [0.4, 0.5) is 14.5 Å². The number of amides is 1. The van der Waals surface area contributed by atoms with Crippen molar-refractivity contribution in [3.63, 3.8) is 0 Å². The summed E-state index contributed by atoms with van der Waals surface area (Å²) in [5.74, 6) is -1.02. The molecule has 1 atom stereocenters. The molecule has 0 heterocycles. The summed E-state index contributed by atoms with van der Waals surface area (Å²) in [6.07, 6.45) is 0. The minimum atomic E-state index is -0.786. The molecule has 23 heavy (non-hydrogen) atoms. The van der Waals surface area contributed by atoms with Crippen LogP contribution in [0.2, 0.25) is 0 Å². The van der Waals surface area contributed by atoms with E-state index in [2.05, 4.69) is 5.32 Å². The first-order valence-corrected chi connectivity index (χ1v) is 7.17. The molecule has 6 heteroatoms. The van der Waals surface area contributed by atoms with E-state index in [4.69, 9.17) is 4.74 Å². The first kappa shape index (κ1) is 16.9. The summed E-state index contributed by atoms with van der Waals surface area (Å²) in [7, 11) is 3.47. The Morgan fingerprint density at radius 2 is 1.87 bits per heavy atom. The van der Waals surface area contributed by atoms with E-state index in [1.807, 2.05) is 31.3 Å². The lowest BCUT2D eigenvalue weighted by atomic mass is 10.2. The summed E-state index contributed by atoms with van der Waals surface area (Å²) in [6, 6.07) is 10.6. The van der Waals surface area contributed by atoms with Crippen molar-refractivity contribution >= 4 is 11.6 Å². The molecule has 2 aromatic carbocycles. The van der Waals surface area contributed by atoms with Crippen LogP contribution in [0.1, 0.15) is 5.56 Å². The van der Waals surface area contributed by atoms with Gasteiger partial charge < -0.3 is 15.0 Å². The lowest BCUT2D eigenvalue weighted by Crippen LogP contribution is -3.08. The van der Waals surface area contributed by atoms with Gasteiger partial charge in [0.15, 0.2) is 6.54 Å². The molecule has 4 nitrogen and oxygen atoms in total. The molecule has 0 aliphatic rings. The number of quaternary nitrogens is 1. The van der Waals surface area contributed by atoms with Crippen molar-refractivity contribution in [2.45, 2.75) is 6.54 Å². The Bertz CT molecular complexity index is 675. The highest BCUT2D eigenvalue weighted by atomic mass is 19.1. The molecule has 0 spiro atoms. The van der Waals surface area contributed by atoms with E-state index in [-0.39, 0.29) is 18.1 Å². The van der Waals surface area contributed by atoms with Gasteiger partial charge in [0.05, 0.1) is 19.8 Å². The number of rotatable bonds is 6.